The van der Waals surface area contributed by atoms with E-state index in [-0.39, 0.29) is 11.3 Å². The van der Waals surface area contributed by atoms with Crippen molar-refractivity contribution in [2.75, 3.05) is 5.32 Å². The van der Waals surface area contributed by atoms with Gasteiger partial charge in [-0.25, -0.2) is 9.97 Å². The van der Waals surface area contributed by atoms with Crippen LogP contribution in [0.5, 0.6) is 0 Å². The first-order valence-electron chi connectivity index (χ1n) is 5.62. The monoisotopic (exact) mass is 285 g/mol. The number of fused-ring (bicyclic) bond motifs is 1. The number of carboxylic acid groups (broad SMARTS) is 1. The van der Waals surface area contributed by atoms with E-state index in [1.807, 2.05) is 0 Å². The molecule has 20 heavy (non-hydrogen) atoms. The van der Waals surface area contributed by atoms with Crippen LogP contribution in [0.2, 0.25) is 0 Å². The third kappa shape index (κ3) is 2.79. The largest absolute Gasteiger partial charge is 0.480 e. The molecule has 0 spiro atoms. The number of carbonyl (C=O) groups is 1. The summed E-state index contributed by atoms with van der Waals surface area (Å²) in [6.07, 6.45) is -4.70. The molecule has 8 heteroatoms. The lowest BCUT2D eigenvalue weighted by molar-refractivity contribution is -0.144. The molecule has 0 aliphatic rings. The van der Waals surface area contributed by atoms with E-state index in [2.05, 4.69) is 15.3 Å². The van der Waals surface area contributed by atoms with E-state index in [1.54, 1.807) is 12.1 Å². The molecule has 0 aliphatic carbocycles. The topological polar surface area (TPSA) is 75.1 Å². The minimum Gasteiger partial charge on any atom is -0.480 e. The van der Waals surface area contributed by atoms with Crippen LogP contribution < -0.4 is 5.32 Å². The van der Waals surface area contributed by atoms with Crippen LogP contribution >= 0.6 is 0 Å². The number of hydrogen-bond donors (Lipinski definition) is 2. The molecule has 2 N–H and O–H groups in total. The van der Waals surface area contributed by atoms with Gasteiger partial charge in [0.25, 0.3) is 0 Å². The summed E-state index contributed by atoms with van der Waals surface area (Å²) in [6, 6.07) is 5.00. The van der Waals surface area contributed by atoms with Gasteiger partial charge in [0.15, 0.2) is 0 Å². The van der Waals surface area contributed by atoms with Gasteiger partial charge in [0.1, 0.15) is 11.9 Å². The fraction of sp³-hybridized carbons (Fsp3) is 0.250. The van der Waals surface area contributed by atoms with E-state index in [4.69, 9.17) is 5.11 Å². The van der Waals surface area contributed by atoms with Gasteiger partial charge >= 0.3 is 12.1 Å². The minimum absolute atomic E-state index is 0.0925. The SMILES string of the molecule is CC(Nc1nc(C(F)(F)F)nc2ccccc12)C(=O)O. The van der Waals surface area contributed by atoms with Crippen LogP contribution in [-0.4, -0.2) is 27.1 Å². The molecule has 1 heterocycles. The molecule has 106 valence electrons. The number of nitrogens with one attached hydrogen (secondary N) is 1. The number of anilines is 1. The Morgan fingerprint density at radius 3 is 2.55 bits per heavy atom. The van der Waals surface area contributed by atoms with Crippen molar-refractivity contribution < 1.29 is 23.1 Å². The molecular weight excluding hydrogens is 275 g/mol. The Balaban J connectivity index is 2.58. The molecule has 5 nitrogen and oxygen atoms in total. The fourth-order valence-electron chi connectivity index (χ4n) is 1.58. The van der Waals surface area contributed by atoms with Crippen LogP contribution in [0, 0.1) is 0 Å². The second-order valence-corrected chi connectivity index (χ2v) is 4.11. The zero-order valence-electron chi connectivity index (χ0n) is 10.3. The normalized spacial score (nSPS) is 13.2. The van der Waals surface area contributed by atoms with Gasteiger partial charge in [0, 0.05) is 5.39 Å². The average Bonchev–Trinajstić information content (AvgIpc) is 2.37. The van der Waals surface area contributed by atoms with Gasteiger partial charge in [-0.2, -0.15) is 13.2 Å². The van der Waals surface area contributed by atoms with Crippen molar-refractivity contribution in [2.45, 2.75) is 19.1 Å². The van der Waals surface area contributed by atoms with Crippen LogP contribution in [-0.2, 0) is 11.0 Å². The summed E-state index contributed by atoms with van der Waals surface area (Å²) in [5.41, 5.74) is 0.0925. The Kier molecular flexibility index (Phi) is 3.47. The molecule has 0 amide bonds. The first-order chi connectivity index (χ1) is 9.29. The molecule has 1 unspecified atom stereocenters. The molecule has 1 aromatic heterocycles. The summed E-state index contributed by atoms with van der Waals surface area (Å²) < 4.78 is 38.2. The van der Waals surface area contributed by atoms with Gasteiger partial charge in [-0.15, -0.1) is 0 Å². The Morgan fingerprint density at radius 2 is 1.95 bits per heavy atom. The van der Waals surface area contributed by atoms with Crippen molar-refractivity contribution in [3.63, 3.8) is 0 Å². The second kappa shape index (κ2) is 4.95. The molecule has 0 saturated heterocycles. The quantitative estimate of drug-likeness (QED) is 0.906. The molecule has 0 fully saturated rings. The molecule has 2 rings (SSSR count). The van der Waals surface area contributed by atoms with Crippen LogP contribution in [0.15, 0.2) is 24.3 Å². The van der Waals surface area contributed by atoms with E-state index in [0.29, 0.717) is 5.39 Å². The highest BCUT2D eigenvalue weighted by Gasteiger charge is 2.35. The minimum atomic E-state index is -4.70. The van der Waals surface area contributed by atoms with Crippen LogP contribution in [0.4, 0.5) is 19.0 Å². The van der Waals surface area contributed by atoms with Crippen molar-refractivity contribution in [1.82, 2.24) is 9.97 Å². The van der Waals surface area contributed by atoms with Gasteiger partial charge in [-0.05, 0) is 19.1 Å². The first kappa shape index (κ1) is 14.0. The summed E-state index contributed by atoms with van der Waals surface area (Å²) in [6.45, 7) is 1.31. The third-order valence-corrected chi connectivity index (χ3v) is 2.58. The molecule has 0 bridgehead atoms. The van der Waals surface area contributed by atoms with Gasteiger partial charge in [0.2, 0.25) is 5.82 Å². The van der Waals surface area contributed by atoms with E-state index >= 15 is 0 Å². The smallest absolute Gasteiger partial charge is 0.451 e. The number of para-hydroxylation sites is 1. The van der Waals surface area contributed by atoms with Gasteiger partial charge < -0.3 is 10.4 Å². The number of hydrogen-bond acceptors (Lipinski definition) is 4. The third-order valence-electron chi connectivity index (χ3n) is 2.58. The summed E-state index contributed by atoms with van der Waals surface area (Å²) in [5.74, 6) is -2.66. The standard InChI is InChI=1S/C12H10F3N3O2/c1-6(10(19)20)16-9-7-4-2-3-5-8(7)17-11(18-9)12(13,14)15/h2-6H,1H3,(H,19,20)(H,16,17,18). The molecular formula is C12H10F3N3O2. The number of alkyl halides is 3. The van der Waals surface area contributed by atoms with Crippen molar-refractivity contribution in [3.05, 3.63) is 30.1 Å². The molecule has 1 aromatic carbocycles. The van der Waals surface area contributed by atoms with Crippen LogP contribution in [0.1, 0.15) is 12.7 Å². The Labute approximate surface area is 111 Å². The Bertz CT molecular complexity index is 658. The van der Waals surface area contributed by atoms with Gasteiger partial charge in [-0.3, -0.25) is 4.79 Å². The van der Waals surface area contributed by atoms with Gasteiger partial charge in [0.05, 0.1) is 5.52 Å². The van der Waals surface area contributed by atoms with Crippen molar-refractivity contribution in [3.8, 4) is 0 Å². The predicted octanol–water partition coefficient (Wildman–Crippen LogP) is 2.53. The number of nitrogens with zero attached hydrogens (tertiary/aromatic N) is 2. The maximum Gasteiger partial charge on any atom is 0.451 e. The predicted molar refractivity (Wildman–Crippen MR) is 65.3 cm³/mol. The number of rotatable bonds is 3. The van der Waals surface area contributed by atoms with E-state index in [1.165, 1.54) is 19.1 Å². The highest BCUT2D eigenvalue weighted by atomic mass is 19.4. The highest BCUT2D eigenvalue weighted by molar-refractivity contribution is 5.90. The van der Waals surface area contributed by atoms with Crippen LogP contribution in [0.25, 0.3) is 10.9 Å². The number of carboxylic acids is 1. The van der Waals surface area contributed by atoms with Crippen molar-refractivity contribution in [1.29, 1.82) is 0 Å². The lowest BCUT2D eigenvalue weighted by atomic mass is 10.2. The summed E-state index contributed by atoms with van der Waals surface area (Å²) in [7, 11) is 0. The zero-order valence-corrected chi connectivity index (χ0v) is 10.3. The highest BCUT2D eigenvalue weighted by Crippen LogP contribution is 2.30. The van der Waals surface area contributed by atoms with Crippen molar-refractivity contribution >= 4 is 22.7 Å². The molecule has 2 aromatic rings. The summed E-state index contributed by atoms with van der Waals surface area (Å²) in [4.78, 5) is 17.6. The van der Waals surface area contributed by atoms with Gasteiger partial charge in [-0.1, -0.05) is 12.1 Å². The second-order valence-electron chi connectivity index (χ2n) is 4.11. The lowest BCUT2D eigenvalue weighted by Crippen LogP contribution is -2.26. The first-order valence-corrected chi connectivity index (χ1v) is 5.62. The summed E-state index contributed by atoms with van der Waals surface area (Å²) in [5, 5.41) is 11.6. The zero-order chi connectivity index (χ0) is 14.9. The summed E-state index contributed by atoms with van der Waals surface area (Å²) >= 11 is 0. The van der Waals surface area contributed by atoms with E-state index in [0.717, 1.165) is 0 Å². The van der Waals surface area contributed by atoms with Crippen LogP contribution in [0.3, 0.4) is 0 Å². The molecule has 1 atom stereocenters. The van der Waals surface area contributed by atoms with Crippen molar-refractivity contribution in [2.24, 2.45) is 0 Å². The van der Waals surface area contributed by atoms with E-state index in [9.17, 15) is 18.0 Å². The number of benzene rings is 1. The fourth-order valence-corrected chi connectivity index (χ4v) is 1.58. The Hall–Kier alpha value is -2.38. The number of aromatic nitrogens is 2. The molecule has 0 aliphatic heterocycles. The van der Waals surface area contributed by atoms with E-state index < -0.39 is 24.0 Å². The number of aliphatic carboxylic acids is 1. The lowest BCUT2D eigenvalue weighted by Gasteiger charge is -2.14. The Morgan fingerprint density at radius 1 is 1.30 bits per heavy atom. The number of halogens is 3. The molecule has 0 radical (unpaired) electrons. The maximum absolute atomic E-state index is 12.7. The molecule has 0 saturated carbocycles. The maximum atomic E-state index is 12.7. The average molecular weight is 285 g/mol.